The molecule has 1 amide bonds. The number of benzene rings is 2. The zero-order chi connectivity index (χ0) is 21.1. The van der Waals surface area contributed by atoms with Gasteiger partial charge >= 0.3 is 0 Å². The Hall–Kier alpha value is -2.38. The summed E-state index contributed by atoms with van der Waals surface area (Å²) in [6.07, 6.45) is 3.59. The summed E-state index contributed by atoms with van der Waals surface area (Å²) >= 11 is 0. The molecule has 2 aromatic rings. The topological polar surface area (TPSA) is 66.9 Å². The van der Waals surface area contributed by atoms with Gasteiger partial charge in [0, 0.05) is 25.2 Å². The van der Waals surface area contributed by atoms with Gasteiger partial charge in [-0.15, -0.1) is 0 Å². The molecule has 6 nitrogen and oxygen atoms in total. The Bertz CT molecular complexity index is 998. The van der Waals surface area contributed by atoms with Gasteiger partial charge < -0.3 is 9.64 Å². The van der Waals surface area contributed by atoms with Gasteiger partial charge in [-0.3, -0.25) is 4.79 Å². The summed E-state index contributed by atoms with van der Waals surface area (Å²) in [5.74, 6) is 0.696. The smallest absolute Gasteiger partial charge is 0.254 e. The summed E-state index contributed by atoms with van der Waals surface area (Å²) in [6.45, 7) is 4.33. The van der Waals surface area contributed by atoms with Gasteiger partial charge in [0.2, 0.25) is 10.0 Å². The lowest BCUT2D eigenvalue weighted by Gasteiger charge is -2.26. The number of nitrogens with zero attached hydrogens (tertiary/aromatic N) is 2. The van der Waals surface area contributed by atoms with E-state index in [2.05, 4.69) is 0 Å². The van der Waals surface area contributed by atoms with Gasteiger partial charge in [-0.25, -0.2) is 8.42 Å². The molecule has 2 saturated heterocycles. The predicted molar refractivity (Wildman–Crippen MR) is 115 cm³/mol. The number of ether oxygens (including phenoxy) is 1. The second-order valence-electron chi connectivity index (χ2n) is 7.80. The molecule has 2 heterocycles. The minimum absolute atomic E-state index is 0.00739. The molecule has 2 fully saturated rings. The van der Waals surface area contributed by atoms with Crippen LogP contribution >= 0.6 is 0 Å². The van der Waals surface area contributed by atoms with Gasteiger partial charge in [-0.1, -0.05) is 18.2 Å². The van der Waals surface area contributed by atoms with E-state index in [-0.39, 0.29) is 16.8 Å². The number of hydrogen-bond donors (Lipinski definition) is 0. The van der Waals surface area contributed by atoms with E-state index in [9.17, 15) is 13.2 Å². The van der Waals surface area contributed by atoms with Crippen molar-refractivity contribution in [3.05, 3.63) is 59.7 Å². The van der Waals surface area contributed by atoms with Crippen molar-refractivity contribution in [3.63, 3.8) is 0 Å². The molecule has 2 aliphatic rings. The number of carbonyl (C=O) groups is 1. The van der Waals surface area contributed by atoms with E-state index in [1.54, 1.807) is 18.2 Å². The molecular weight excluding hydrogens is 400 g/mol. The van der Waals surface area contributed by atoms with Crippen LogP contribution in [0, 0.1) is 0 Å². The molecule has 4 rings (SSSR count). The van der Waals surface area contributed by atoms with Crippen molar-refractivity contribution in [3.8, 4) is 5.75 Å². The van der Waals surface area contributed by atoms with Crippen molar-refractivity contribution in [2.24, 2.45) is 0 Å². The number of likely N-dealkylation sites (tertiary alicyclic amines) is 1. The first-order valence-corrected chi connectivity index (χ1v) is 12.1. The molecule has 0 radical (unpaired) electrons. The maximum absolute atomic E-state index is 13.3. The van der Waals surface area contributed by atoms with Gasteiger partial charge in [0.1, 0.15) is 5.75 Å². The third-order valence-corrected chi connectivity index (χ3v) is 7.77. The van der Waals surface area contributed by atoms with Crippen LogP contribution in [-0.2, 0) is 10.0 Å². The molecule has 0 aliphatic carbocycles. The Kier molecular flexibility index (Phi) is 6.11. The standard InChI is InChI=1S/C23H28N2O4S/c1-2-29-20-12-10-18(11-13-20)22-9-6-16-25(22)23(26)19-7-5-8-21(17-19)30(27,28)24-14-3-4-15-24/h5,7-8,10-13,17,22H,2-4,6,9,14-16H2,1H3/t22-/m0/s1. The van der Waals surface area contributed by atoms with Crippen LogP contribution in [0.4, 0.5) is 0 Å². The first-order valence-electron chi connectivity index (χ1n) is 10.6. The molecule has 0 N–H and O–H groups in total. The Labute approximate surface area is 178 Å². The van der Waals surface area contributed by atoms with Crippen LogP contribution in [0.3, 0.4) is 0 Å². The van der Waals surface area contributed by atoms with Crippen LogP contribution in [0.5, 0.6) is 5.75 Å². The monoisotopic (exact) mass is 428 g/mol. The second-order valence-corrected chi connectivity index (χ2v) is 9.74. The van der Waals surface area contributed by atoms with E-state index >= 15 is 0 Å². The maximum Gasteiger partial charge on any atom is 0.254 e. The highest BCUT2D eigenvalue weighted by atomic mass is 32.2. The van der Waals surface area contributed by atoms with Gasteiger partial charge in [-0.05, 0) is 68.5 Å². The molecule has 160 valence electrons. The van der Waals surface area contributed by atoms with Crippen LogP contribution in [0.1, 0.15) is 54.6 Å². The third-order valence-electron chi connectivity index (χ3n) is 5.87. The largest absolute Gasteiger partial charge is 0.494 e. The molecule has 0 aromatic heterocycles. The fourth-order valence-corrected chi connectivity index (χ4v) is 5.91. The van der Waals surface area contributed by atoms with Crippen LogP contribution in [0.25, 0.3) is 0 Å². The molecule has 0 spiro atoms. The van der Waals surface area contributed by atoms with Crippen LogP contribution in [0.2, 0.25) is 0 Å². The normalized spacial score (nSPS) is 19.9. The molecule has 2 aromatic carbocycles. The fraction of sp³-hybridized carbons (Fsp3) is 0.435. The highest BCUT2D eigenvalue weighted by molar-refractivity contribution is 7.89. The SMILES string of the molecule is CCOc1ccc([C@@H]2CCCN2C(=O)c2cccc(S(=O)(=O)N3CCCC3)c2)cc1. The van der Waals surface area contributed by atoms with Crippen molar-refractivity contribution >= 4 is 15.9 Å². The summed E-state index contributed by atoms with van der Waals surface area (Å²) in [4.78, 5) is 15.4. The Morgan fingerprint density at radius 1 is 1.03 bits per heavy atom. The lowest BCUT2D eigenvalue weighted by Crippen LogP contribution is -2.31. The molecule has 0 saturated carbocycles. The van der Waals surface area contributed by atoms with E-state index < -0.39 is 10.0 Å². The van der Waals surface area contributed by atoms with Crippen molar-refractivity contribution in [2.45, 2.75) is 43.5 Å². The molecule has 0 unspecified atom stereocenters. The molecule has 2 aliphatic heterocycles. The molecule has 1 atom stereocenters. The van der Waals surface area contributed by atoms with E-state index in [4.69, 9.17) is 4.74 Å². The average Bonchev–Trinajstić information content (AvgIpc) is 3.47. The average molecular weight is 429 g/mol. The summed E-state index contributed by atoms with van der Waals surface area (Å²) in [5.41, 5.74) is 1.50. The number of sulfonamides is 1. The van der Waals surface area contributed by atoms with Crippen LogP contribution in [0.15, 0.2) is 53.4 Å². The summed E-state index contributed by atoms with van der Waals surface area (Å²) in [7, 11) is -3.55. The van der Waals surface area contributed by atoms with Crippen LogP contribution < -0.4 is 4.74 Å². The zero-order valence-electron chi connectivity index (χ0n) is 17.3. The summed E-state index contributed by atoms with van der Waals surface area (Å²) < 4.78 is 32.8. The van der Waals surface area contributed by atoms with Gasteiger partial charge in [0.05, 0.1) is 17.5 Å². The Morgan fingerprint density at radius 3 is 2.47 bits per heavy atom. The zero-order valence-corrected chi connectivity index (χ0v) is 18.1. The Morgan fingerprint density at radius 2 is 1.77 bits per heavy atom. The first-order chi connectivity index (χ1) is 14.5. The summed E-state index contributed by atoms with van der Waals surface area (Å²) in [5, 5.41) is 0. The lowest BCUT2D eigenvalue weighted by molar-refractivity contribution is 0.0735. The Balaban J connectivity index is 1.56. The van der Waals surface area contributed by atoms with E-state index in [1.807, 2.05) is 36.1 Å². The quantitative estimate of drug-likeness (QED) is 0.701. The van der Waals surface area contributed by atoms with E-state index in [0.29, 0.717) is 31.8 Å². The molecular formula is C23H28N2O4S. The predicted octanol–water partition coefficient (Wildman–Crippen LogP) is 3.85. The maximum atomic E-state index is 13.3. The minimum atomic E-state index is -3.55. The van der Waals surface area contributed by atoms with E-state index in [0.717, 1.165) is 37.0 Å². The number of amides is 1. The van der Waals surface area contributed by atoms with Gasteiger partial charge in [0.25, 0.3) is 5.91 Å². The van der Waals surface area contributed by atoms with Crippen molar-refractivity contribution in [1.29, 1.82) is 0 Å². The van der Waals surface area contributed by atoms with E-state index in [1.165, 1.54) is 10.4 Å². The van der Waals surface area contributed by atoms with Crippen molar-refractivity contribution in [2.75, 3.05) is 26.2 Å². The third kappa shape index (κ3) is 4.09. The van der Waals surface area contributed by atoms with Crippen molar-refractivity contribution in [1.82, 2.24) is 9.21 Å². The first kappa shape index (κ1) is 20.9. The number of carbonyl (C=O) groups excluding carboxylic acids is 1. The molecule has 7 heteroatoms. The molecule has 30 heavy (non-hydrogen) atoms. The highest BCUT2D eigenvalue weighted by Gasteiger charge is 2.32. The number of rotatable bonds is 6. The van der Waals surface area contributed by atoms with Crippen molar-refractivity contribution < 1.29 is 17.9 Å². The highest BCUT2D eigenvalue weighted by Crippen LogP contribution is 2.34. The van der Waals surface area contributed by atoms with Gasteiger partial charge in [-0.2, -0.15) is 4.31 Å². The van der Waals surface area contributed by atoms with Gasteiger partial charge in [0.15, 0.2) is 0 Å². The lowest BCUT2D eigenvalue weighted by atomic mass is 10.0. The van der Waals surface area contributed by atoms with Crippen LogP contribution in [-0.4, -0.2) is 49.8 Å². The summed E-state index contributed by atoms with van der Waals surface area (Å²) in [6, 6.07) is 14.4. The number of hydrogen-bond acceptors (Lipinski definition) is 4. The second kappa shape index (κ2) is 8.78. The fourth-order valence-electron chi connectivity index (χ4n) is 4.34. The molecule has 0 bridgehead atoms. The minimum Gasteiger partial charge on any atom is -0.494 e.